The molecule has 1 aliphatic rings. The second kappa shape index (κ2) is 6.14. The maximum Gasteiger partial charge on any atom is 0.346 e. The lowest BCUT2D eigenvalue weighted by Gasteiger charge is -2.14. The second-order valence-electron chi connectivity index (χ2n) is 4.31. The molecule has 4 nitrogen and oxygen atoms in total. The van der Waals surface area contributed by atoms with Gasteiger partial charge in [-0.15, -0.1) is 11.3 Å². The maximum atomic E-state index is 10.9. The van der Waals surface area contributed by atoms with Crippen molar-refractivity contribution in [1.82, 2.24) is 10.2 Å². The quantitative estimate of drug-likeness (QED) is 0.758. The summed E-state index contributed by atoms with van der Waals surface area (Å²) in [6.45, 7) is 5.06. The Morgan fingerprint density at radius 1 is 1.47 bits per heavy atom. The van der Waals surface area contributed by atoms with Crippen molar-refractivity contribution in [2.45, 2.75) is 19.4 Å². The zero-order valence-corrected chi connectivity index (χ0v) is 10.6. The smallest absolute Gasteiger partial charge is 0.346 e. The molecule has 0 radical (unpaired) electrons. The summed E-state index contributed by atoms with van der Waals surface area (Å²) in [5, 5.41) is 14.1. The van der Waals surface area contributed by atoms with Crippen LogP contribution in [0.5, 0.6) is 0 Å². The number of thiophene rings is 1. The summed E-state index contributed by atoms with van der Waals surface area (Å²) in [5.74, 6) is -0.823. The summed E-state index contributed by atoms with van der Waals surface area (Å²) in [5.41, 5.74) is 0.893. The maximum absolute atomic E-state index is 10.9. The highest BCUT2D eigenvalue weighted by atomic mass is 32.1. The number of rotatable bonds is 6. The molecule has 2 heterocycles. The van der Waals surface area contributed by atoms with Crippen LogP contribution in [0.4, 0.5) is 0 Å². The van der Waals surface area contributed by atoms with Crippen molar-refractivity contribution < 1.29 is 9.90 Å². The molecule has 0 aromatic carbocycles. The third-order valence-electron chi connectivity index (χ3n) is 3.06. The van der Waals surface area contributed by atoms with E-state index < -0.39 is 5.97 Å². The molecule has 1 aromatic rings. The number of carboxylic acids is 1. The van der Waals surface area contributed by atoms with Gasteiger partial charge in [0.05, 0.1) is 0 Å². The molecule has 2 rings (SSSR count). The Hall–Kier alpha value is -0.910. The van der Waals surface area contributed by atoms with Gasteiger partial charge in [0.15, 0.2) is 0 Å². The highest BCUT2D eigenvalue weighted by Gasteiger charge is 2.12. The molecule has 0 unspecified atom stereocenters. The molecule has 0 saturated carbocycles. The summed E-state index contributed by atoms with van der Waals surface area (Å²) in [4.78, 5) is 13.8. The monoisotopic (exact) mass is 254 g/mol. The fourth-order valence-electron chi connectivity index (χ4n) is 2.13. The van der Waals surface area contributed by atoms with Gasteiger partial charge >= 0.3 is 5.97 Å². The van der Waals surface area contributed by atoms with Crippen LogP contribution in [0.3, 0.4) is 0 Å². The van der Waals surface area contributed by atoms with E-state index in [0.29, 0.717) is 11.4 Å². The molecule has 0 aliphatic carbocycles. The van der Waals surface area contributed by atoms with Gasteiger partial charge in [-0.1, -0.05) is 0 Å². The van der Waals surface area contributed by atoms with Gasteiger partial charge in [0.25, 0.3) is 0 Å². The van der Waals surface area contributed by atoms with Crippen LogP contribution >= 0.6 is 11.3 Å². The number of aromatic carboxylic acids is 1. The number of likely N-dealkylation sites (tertiary alicyclic amines) is 1. The van der Waals surface area contributed by atoms with Gasteiger partial charge < -0.3 is 15.3 Å². The molecular formula is C12H18N2O2S. The Labute approximate surface area is 105 Å². The van der Waals surface area contributed by atoms with Gasteiger partial charge in [0, 0.05) is 19.6 Å². The number of hydrogen-bond acceptors (Lipinski definition) is 4. The van der Waals surface area contributed by atoms with Crippen LogP contribution < -0.4 is 5.32 Å². The van der Waals surface area contributed by atoms with Gasteiger partial charge in [-0.25, -0.2) is 4.79 Å². The fourth-order valence-corrected chi connectivity index (χ4v) is 2.89. The van der Waals surface area contributed by atoms with Crippen LogP contribution in [0.25, 0.3) is 0 Å². The Kier molecular flexibility index (Phi) is 4.53. The molecule has 1 saturated heterocycles. The topological polar surface area (TPSA) is 52.6 Å². The van der Waals surface area contributed by atoms with Gasteiger partial charge in [-0.3, -0.25) is 0 Å². The van der Waals surface area contributed by atoms with E-state index in [1.807, 2.05) is 11.4 Å². The van der Waals surface area contributed by atoms with Crippen LogP contribution in [0, 0.1) is 0 Å². The van der Waals surface area contributed by atoms with E-state index in [9.17, 15) is 4.79 Å². The molecule has 94 valence electrons. The van der Waals surface area contributed by atoms with E-state index in [2.05, 4.69) is 10.2 Å². The summed E-state index contributed by atoms with van der Waals surface area (Å²) >= 11 is 1.29. The summed E-state index contributed by atoms with van der Waals surface area (Å²) < 4.78 is 0. The third kappa shape index (κ3) is 3.52. The second-order valence-corrected chi connectivity index (χ2v) is 5.22. The first-order valence-electron chi connectivity index (χ1n) is 6.00. The Morgan fingerprint density at radius 2 is 2.24 bits per heavy atom. The van der Waals surface area contributed by atoms with Crippen molar-refractivity contribution in [2.75, 3.05) is 26.2 Å². The molecule has 17 heavy (non-hydrogen) atoms. The van der Waals surface area contributed by atoms with E-state index in [-0.39, 0.29) is 0 Å². The van der Waals surface area contributed by atoms with Crippen LogP contribution in [-0.4, -0.2) is 42.2 Å². The van der Waals surface area contributed by atoms with Crippen molar-refractivity contribution in [3.8, 4) is 0 Å². The highest BCUT2D eigenvalue weighted by Crippen LogP contribution is 2.16. The number of carbonyl (C=O) groups is 1. The molecule has 5 heteroatoms. The molecule has 0 atom stereocenters. The highest BCUT2D eigenvalue weighted by molar-refractivity contribution is 7.12. The van der Waals surface area contributed by atoms with Gasteiger partial charge in [-0.2, -0.15) is 0 Å². The van der Waals surface area contributed by atoms with Crippen molar-refractivity contribution in [2.24, 2.45) is 0 Å². The van der Waals surface area contributed by atoms with E-state index in [0.717, 1.165) is 18.7 Å². The fraction of sp³-hybridized carbons (Fsp3) is 0.583. The van der Waals surface area contributed by atoms with Gasteiger partial charge in [-0.05, 0) is 42.9 Å². The molecule has 2 N–H and O–H groups in total. The lowest BCUT2D eigenvalue weighted by molar-refractivity contribution is 0.0701. The van der Waals surface area contributed by atoms with Crippen LogP contribution in [0.1, 0.15) is 28.1 Å². The predicted molar refractivity (Wildman–Crippen MR) is 68.7 cm³/mol. The third-order valence-corrected chi connectivity index (χ3v) is 4.00. The van der Waals surface area contributed by atoms with E-state index >= 15 is 0 Å². The van der Waals surface area contributed by atoms with Crippen LogP contribution in [0.15, 0.2) is 11.4 Å². The molecular weight excluding hydrogens is 236 g/mol. The Morgan fingerprint density at radius 3 is 2.94 bits per heavy atom. The minimum absolute atomic E-state index is 0.457. The molecule has 0 spiro atoms. The summed E-state index contributed by atoms with van der Waals surface area (Å²) in [6, 6.07) is 1.89. The number of nitrogens with zero attached hydrogens (tertiary/aromatic N) is 1. The van der Waals surface area contributed by atoms with Crippen molar-refractivity contribution in [3.05, 3.63) is 21.9 Å². The average Bonchev–Trinajstić information content (AvgIpc) is 2.95. The molecule has 0 bridgehead atoms. The molecule has 1 aromatic heterocycles. The lowest BCUT2D eigenvalue weighted by atomic mass is 10.2. The summed E-state index contributed by atoms with van der Waals surface area (Å²) in [7, 11) is 0. The average molecular weight is 254 g/mol. The van der Waals surface area contributed by atoms with Crippen molar-refractivity contribution >= 4 is 17.3 Å². The Balaban J connectivity index is 1.70. The van der Waals surface area contributed by atoms with Crippen molar-refractivity contribution in [1.29, 1.82) is 0 Å². The minimum Gasteiger partial charge on any atom is -0.477 e. The summed E-state index contributed by atoms with van der Waals surface area (Å²) in [6.07, 6.45) is 2.63. The number of hydrogen-bond donors (Lipinski definition) is 2. The zero-order valence-electron chi connectivity index (χ0n) is 9.82. The van der Waals surface area contributed by atoms with E-state index in [4.69, 9.17) is 5.11 Å². The SMILES string of the molecule is O=C(O)c1sccc1CNCCN1CCCC1. The van der Waals surface area contributed by atoms with Crippen LogP contribution in [0.2, 0.25) is 0 Å². The standard InChI is InChI=1S/C12H18N2O2S/c15-12(16)11-10(3-8-17-11)9-13-4-7-14-5-1-2-6-14/h3,8,13H,1-2,4-7,9H2,(H,15,16). The van der Waals surface area contributed by atoms with Gasteiger partial charge in [0.2, 0.25) is 0 Å². The van der Waals surface area contributed by atoms with Crippen LogP contribution in [-0.2, 0) is 6.54 Å². The first-order chi connectivity index (χ1) is 8.27. The van der Waals surface area contributed by atoms with E-state index in [1.165, 1.54) is 37.3 Å². The zero-order chi connectivity index (χ0) is 12.1. The van der Waals surface area contributed by atoms with E-state index in [1.54, 1.807) is 0 Å². The number of nitrogens with one attached hydrogen (secondary N) is 1. The minimum atomic E-state index is -0.823. The largest absolute Gasteiger partial charge is 0.477 e. The molecule has 0 amide bonds. The Bertz CT molecular complexity index is 372. The first-order valence-corrected chi connectivity index (χ1v) is 6.88. The van der Waals surface area contributed by atoms with Gasteiger partial charge in [0.1, 0.15) is 4.88 Å². The molecule has 1 aliphatic heterocycles. The molecule has 1 fully saturated rings. The normalized spacial score (nSPS) is 16.5. The predicted octanol–water partition coefficient (Wildman–Crippen LogP) is 1.63. The lowest BCUT2D eigenvalue weighted by Crippen LogP contribution is -2.29. The van der Waals surface area contributed by atoms with Crippen molar-refractivity contribution in [3.63, 3.8) is 0 Å². The first kappa shape index (κ1) is 12.5. The number of carboxylic acid groups (broad SMARTS) is 1.